The second kappa shape index (κ2) is 7.48. The molecule has 0 unspecified atom stereocenters. The third-order valence-corrected chi connectivity index (χ3v) is 4.60. The third-order valence-electron chi connectivity index (χ3n) is 3.67. The van der Waals surface area contributed by atoms with Gasteiger partial charge in [-0.05, 0) is 36.4 Å². The lowest BCUT2D eigenvalue weighted by Crippen LogP contribution is -2.22. The minimum absolute atomic E-state index is 0.100. The molecule has 128 valence electrons. The Hall–Kier alpha value is -2.67. The molecule has 7 heteroatoms. The molecule has 0 spiro atoms. The number of halogens is 1. The Kier molecular flexibility index (Phi) is 5.14. The Labute approximate surface area is 147 Å². The summed E-state index contributed by atoms with van der Waals surface area (Å²) in [5, 5.41) is 3.27. The van der Waals surface area contributed by atoms with Crippen LogP contribution in [0.1, 0.15) is 5.82 Å². The van der Waals surface area contributed by atoms with Crippen LogP contribution >= 0.6 is 11.8 Å². The summed E-state index contributed by atoms with van der Waals surface area (Å²) in [6.45, 7) is 0. The molecule has 0 aliphatic heterocycles. The number of thioether (sulfide) groups is 1. The van der Waals surface area contributed by atoms with Crippen molar-refractivity contribution in [2.24, 2.45) is 7.05 Å². The van der Waals surface area contributed by atoms with Gasteiger partial charge >= 0.3 is 0 Å². The summed E-state index contributed by atoms with van der Waals surface area (Å²) in [5.74, 6) is 0.717. The molecule has 25 heavy (non-hydrogen) atoms. The lowest BCUT2D eigenvalue weighted by molar-refractivity contribution is -0.113. The molecule has 1 N–H and O–H groups in total. The molecule has 0 saturated carbocycles. The molecule has 3 rings (SSSR count). The third kappa shape index (κ3) is 4.06. The van der Waals surface area contributed by atoms with Gasteiger partial charge in [-0.1, -0.05) is 12.1 Å². The molecule has 0 fully saturated rings. The van der Waals surface area contributed by atoms with Gasteiger partial charge in [-0.15, -0.1) is 11.8 Å². The molecule has 0 atom stereocenters. The summed E-state index contributed by atoms with van der Waals surface area (Å²) < 4.78 is 14.4. The molecule has 2 aromatic carbocycles. The monoisotopic (exact) mass is 357 g/mol. The van der Waals surface area contributed by atoms with Gasteiger partial charge in [0.05, 0.1) is 22.4 Å². The number of benzene rings is 2. The molecular weight excluding hydrogens is 341 g/mol. The standard InChI is InChI=1S/C18H16FN3O2S/c1-22-16(21-15-5-3-2-4-14(15)18(22)24)10-25-11-17(23)20-13-8-6-12(19)7-9-13/h2-9H,10-11H2,1H3,(H,20,23). The average molecular weight is 357 g/mol. The number of aromatic nitrogens is 2. The number of fused-ring (bicyclic) bond motifs is 1. The van der Waals surface area contributed by atoms with Crippen LogP contribution in [0.15, 0.2) is 53.3 Å². The topological polar surface area (TPSA) is 64.0 Å². The van der Waals surface area contributed by atoms with Gasteiger partial charge < -0.3 is 5.32 Å². The van der Waals surface area contributed by atoms with Crippen molar-refractivity contribution in [3.8, 4) is 0 Å². The fourth-order valence-electron chi connectivity index (χ4n) is 2.36. The highest BCUT2D eigenvalue weighted by atomic mass is 32.2. The van der Waals surface area contributed by atoms with E-state index in [2.05, 4.69) is 10.3 Å². The smallest absolute Gasteiger partial charge is 0.261 e. The van der Waals surface area contributed by atoms with E-state index in [-0.39, 0.29) is 23.0 Å². The maximum Gasteiger partial charge on any atom is 0.261 e. The van der Waals surface area contributed by atoms with Gasteiger partial charge in [0.25, 0.3) is 5.56 Å². The van der Waals surface area contributed by atoms with Crippen LogP contribution in [0, 0.1) is 5.82 Å². The largest absolute Gasteiger partial charge is 0.325 e. The van der Waals surface area contributed by atoms with E-state index in [0.29, 0.717) is 28.2 Å². The number of nitrogens with one attached hydrogen (secondary N) is 1. The van der Waals surface area contributed by atoms with E-state index in [4.69, 9.17) is 0 Å². The van der Waals surface area contributed by atoms with Crippen molar-refractivity contribution in [1.29, 1.82) is 0 Å². The fourth-order valence-corrected chi connectivity index (χ4v) is 3.16. The Bertz CT molecular complexity index is 970. The van der Waals surface area contributed by atoms with E-state index in [0.717, 1.165) is 0 Å². The van der Waals surface area contributed by atoms with Gasteiger partial charge in [0.1, 0.15) is 11.6 Å². The first-order valence-electron chi connectivity index (χ1n) is 7.62. The predicted molar refractivity (Wildman–Crippen MR) is 98.2 cm³/mol. The zero-order valence-electron chi connectivity index (χ0n) is 13.5. The van der Waals surface area contributed by atoms with Crippen molar-refractivity contribution in [3.05, 3.63) is 70.5 Å². The number of carbonyl (C=O) groups is 1. The number of rotatable bonds is 5. The summed E-state index contributed by atoms with van der Waals surface area (Å²) >= 11 is 1.36. The molecule has 0 aliphatic rings. The molecule has 5 nitrogen and oxygen atoms in total. The number of anilines is 1. The summed E-state index contributed by atoms with van der Waals surface area (Å²) in [6, 6.07) is 12.8. The Morgan fingerprint density at radius 1 is 1.20 bits per heavy atom. The van der Waals surface area contributed by atoms with E-state index in [1.165, 1.54) is 40.6 Å². The van der Waals surface area contributed by atoms with Gasteiger partial charge in [-0.3, -0.25) is 14.2 Å². The van der Waals surface area contributed by atoms with E-state index >= 15 is 0 Å². The first kappa shape index (κ1) is 17.2. The Balaban J connectivity index is 1.63. The van der Waals surface area contributed by atoms with Gasteiger partial charge in [0, 0.05) is 12.7 Å². The van der Waals surface area contributed by atoms with Crippen LogP contribution in [0.25, 0.3) is 10.9 Å². The summed E-state index contributed by atoms with van der Waals surface area (Å²) in [4.78, 5) is 28.8. The number of para-hydroxylation sites is 1. The summed E-state index contributed by atoms with van der Waals surface area (Å²) in [6.07, 6.45) is 0. The molecule has 0 radical (unpaired) electrons. The predicted octanol–water partition coefficient (Wildman–Crippen LogP) is 2.94. The highest BCUT2D eigenvalue weighted by molar-refractivity contribution is 7.99. The van der Waals surface area contributed by atoms with Crippen LogP contribution in [-0.4, -0.2) is 21.2 Å². The minimum Gasteiger partial charge on any atom is -0.325 e. The molecule has 0 bridgehead atoms. The highest BCUT2D eigenvalue weighted by Crippen LogP contribution is 2.14. The number of hydrogen-bond donors (Lipinski definition) is 1. The average Bonchev–Trinajstić information content (AvgIpc) is 2.61. The van der Waals surface area contributed by atoms with E-state index < -0.39 is 0 Å². The zero-order chi connectivity index (χ0) is 17.8. The molecule has 0 aliphatic carbocycles. The van der Waals surface area contributed by atoms with Crippen LogP contribution in [0.4, 0.5) is 10.1 Å². The van der Waals surface area contributed by atoms with Gasteiger partial charge in [0.2, 0.25) is 5.91 Å². The van der Waals surface area contributed by atoms with Crippen molar-refractivity contribution < 1.29 is 9.18 Å². The van der Waals surface area contributed by atoms with E-state index in [1.54, 1.807) is 25.2 Å². The summed E-state index contributed by atoms with van der Waals surface area (Å²) in [7, 11) is 1.68. The normalized spacial score (nSPS) is 10.8. The fraction of sp³-hybridized carbons (Fsp3) is 0.167. The van der Waals surface area contributed by atoms with Gasteiger partial charge in [0.15, 0.2) is 0 Å². The molecule has 1 heterocycles. The SMILES string of the molecule is Cn1c(CSCC(=O)Nc2ccc(F)cc2)nc2ccccc2c1=O. The van der Waals surface area contributed by atoms with Crippen LogP contribution in [0.3, 0.4) is 0 Å². The van der Waals surface area contributed by atoms with Crippen LogP contribution in [0.2, 0.25) is 0 Å². The van der Waals surface area contributed by atoms with Crippen LogP contribution < -0.4 is 10.9 Å². The van der Waals surface area contributed by atoms with E-state index in [9.17, 15) is 14.0 Å². The van der Waals surface area contributed by atoms with Crippen LogP contribution in [-0.2, 0) is 17.6 Å². The molecule has 1 amide bonds. The molecule has 0 saturated heterocycles. The summed E-state index contributed by atoms with van der Waals surface area (Å²) in [5.41, 5.74) is 1.09. The maximum absolute atomic E-state index is 12.8. The van der Waals surface area contributed by atoms with Crippen molar-refractivity contribution >= 4 is 34.3 Å². The number of amides is 1. The molecular formula is C18H16FN3O2S. The highest BCUT2D eigenvalue weighted by Gasteiger charge is 2.09. The van der Waals surface area contributed by atoms with E-state index in [1.807, 2.05) is 6.07 Å². The number of hydrogen-bond acceptors (Lipinski definition) is 4. The Morgan fingerprint density at radius 2 is 1.92 bits per heavy atom. The lowest BCUT2D eigenvalue weighted by Gasteiger charge is -2.09. The second-order valence-electron chi connectivity index (χ2n) is 5.46. The minimum atomic E-state index is -0.351. The first-order chi connectivity index (χ1) is 12.0. The van der Waals surface area contributed by atoms with Crippen LogP contribution in [0.5, 0.6) is 0 Å². The second-order valence-corrected chi connectivity index (χ2v) is 6.44. The van der Waals surface area contributed by atoms with Crippen molar-refractivity contribution in [3.63, 3.8) is 0 Å². The molecule has 1 aromatic heterocycles. The number of nitrogens with zero attached hydrogens (tertiary/aromatic N) is 2. The maximum atomic E-state index is 12.8. The zero-order valence-corrected chi connectivity index (χ0v) is 14.3. The number of carbonyl (C=O) groups excluding carboxylic acids is 1. The van der Waals surface area contributed by atoms with Gasteiger partial charge in [-0.2, -0.15) is 0 Å². The van der Waals surface area contributed by atoms with Crippen molar-refractivity contribution in [2.75, 3.05) is 11.1 Å². The first-order valence-corrected chi connectivity index (χ1v) is 8.78. The molecule has 3 aromatic rings. The Morgan fingerprint density at radius 3 is 2.68 bits per heavy atom. The quantitative estimate of drug-likeness (QED) is 0.763. The van der Waals surface area contributed by atoms with Crippen molar-refractivity contribution in [2.45, 2.75) is 5.75 Å². The lowest BCUT2D eigenvalue weighted by atomic mass is 10.2. The van der Waals surface area contributed by atoms with Crippen molar-refractivity contribution in [1.82, 2.24) is 9.55 Å². The van der Waals surface area contributed by atoms with Gasteiger partial charge in [-0.25, -0.2) is 9.37 Å².